The molecule has 2 atom stereocenters. The first-order valence-corrected chi connectivity index (χ1v) is 19.7. The van der Waals surface area contributed by atoms with Gasteiger partial charge >= 0.3 is 26.2 Å². The Morgan fingerprint density at radius 1 is 0.519 bits per heavy atom. The van der Waals surface area contributed by atoms with Crippen LogP contribution in [0.3, 0.4) is 0 Å². The number of anilines is 4. The fourth-order valence-corrected chi connectivity index (χ4v) is 9.34. The monoisotopic (exact) mass is 807 g/mol. The molecule has 0 fully saturated rings. The minimum Gasteiger partial charge on any atom is -0.379 e. The number of para-hydroxylation sites is 2. The number of halogens is 2. The molecule has 0 aromatic heterocycles. The zero-order valence-corrected chi connectivity index (χ0v) is 34.7. The van der Waals surface area contributed by atoms with E-state index in [1.54, 1.807) is 0 Å². The molecule has 2 unspecified atom stereocenters. The van der Waals surface area contributed by atoms with Gasteiger partial charge in [0.25, 0.3) is 0 Å². The standard InChI is InChI=1S/C24H21NSi.C22H16N.2ClH.Zr/c1-16-12-13-22-19(14-16)21-15-20-18(10-7-11-23(20)26(2)3)24(21)25(22)17-8-5-4-6-9-17;1-15-11-12-21-19(13-15)20-14-16-7-5-6-10-18(16)22(20)23(21)17-8-3-2-4-9-17;;;/h4-13,15,24H,1-3H3;2-12,14,22H,1H3;2*1H;/q2*-1;;;+2. The van der Waals surface area contributed by atoms with Crippen LogP contribution in [0.4, 0.5) is 22.7 Å². The maximum absolute atomic E-state index is 3.64. The zero-order chi connectivity index (χ0) is 33.2. The van der Waals surface area contributed by atoms with E-state index in [1.165, 1.54) is 83.6 Å². The molecule has 0 amide bonds. The van der Waals surface area contributed by atoms with Crippen molar-refractivity contribution >= 4 is 84.8 Å². The summed E-state index contributed by atoms with van der Waals surface area (Å²) in [6.45, 7) is 9.01. The van der Waals surface area contributed by atoms with E-state index in [0.717, 1.165) is 0 Å². The van der Waals surface area contributed by atoms with Crippen molar-refractivity contribution < 1.29 is 26.2 Å². The molecule has 2 heterocycles. The third-order valence-corrected chi connectivity index (χ3v) is 11.8. The smallest absolute Gasteiger partial charge is 0.379 e. The van der Waals surface area contributed by atoms with Crippen LogP contribution in [-0.4, -0.2) is 8.80 Å². The van der Waals surface area contributed by atoms with E-state index in [9.17, 15) is 0 Å². The molecule has 0 saturated carbocycles. The largest absolute Gasteiger partial charge is 2.00 e. The van der Waals surface area contributed by atoms with E-state index < -0.39 is 8.80 Å². The van der Waals surface area contributed by atoms with Crippen molar-refractivity contribution in [2.75, 3.05) is 9.80 Å². The molecule has 0 spiro atoms. The van der Waals surface area contributed by atoms with Crippen molar-refractivity contribution in [1.29, 1.82) is 0 Å². The number of hydrogen-bond acceptors (Lipinski definition) is 2. The number of benzene rings is 6. The van der Waals surface area contributed by atoms with E-state index >= 15 is 0 Å². The summed E-state index contributed by atoms with van der Waals surface area (Å²) in [5.74, 6) is 0. The van der Waals surface area contributed by atoms with Crippen LogP contribution in [0.1, 0.15) is 56.6 Å². The topological polar surface area (TPSA) is 6.48 Å². The molecule has 52 heavy (non-hydrogen) atoms. The Balaban J connectivity index is 0.000000170. The first kappa shape index (κ1) is 37.8. The fraction of sp³-hybridized carbons (Fsp3) is 0.130. The average Bonchev–Trinajstić information content (AvgIpc) is 3.86. The Bertz CT molecular complexity index is 2320. The van der Waals surface area contributed by atoms with Gasteiger partial charge in [-0.15, -0.1) is 83.5 Å². The molecule has 255 valence electrons. The van der Waals surface area contributed by atoms with Crippen molar-refractivity contribution in [3.8, 4) is 0 Å². The number of aryl methyl sites for hydroxylation is 2. The molecule has 6 aromatic rings. The third kappa shape index (κ3) is 6.18. The van der Waals surface area contributed by atoms with E-state index in [0.29, 0.717) is 0 Å². The third-order valence-electron chi connectivity index (χ3n) is 10.3. The molecule has 0 bridgehead atoms. The molecular weight excluding hydrogens is 771 g/mol. The van der Waals surface area contributed by atoms with Gasteiger partial charge in [-0.05, 0) is 57.9 Å². The first-order chi connectivity index (χ1) is 24.0. The van der Waals surface area contributed by atoms with Gasteiger partial charge < -0.3 is 9.80 Å². The van der Waals surface area contributed by atoms with Crippen molar-refractivity contribution in [3.05, 3.63) is 184 Å². The molecule has 0 N–H and O–H groups in total. The Labute approximate surface area is 341 Å². The van der Waals surface area contributed by atoms with Crippen molar-refractivity contribution in [1.82, 2.24) is 0 Å². The number of rotatable bonds is 3. The summed E-state index contributed by atoms with van der Waals surface area (Å²) in [6.07, 6.45) is 4.77. The van der Waals surface area contributed by atoms with E-state index in [1.807, 2.05) is 0 Å². The van der Waals surface area contributed by atoms with Crippen LogP contribution in [0.15, 0.2) is 127 Å². The second-order valence-electron chi connectivity index (χ2n) is 13.7. The van der Waals surface area contributed by atoms with Gasteiger partial charge in [0.1, 0.15) is 0 Å². The molecular formula is C46H39Cl2N2SiZr. The Kier molecular flexibility index (Phi) is 11.1. The number of hydrogen-bond donors (Lipinski definition) is 0. The van der Waals surface area contributed by atoms with Gasteiger partial charge in [-0.2, -0.15) is 0 Å². The summed E-state index contributed by atoms with van der Waals surface area (Å²) < 4.78 is 0. The Morgan fingerprint density at radius 3 is 1.56 bits per heavy atom. The fourth-order valence-electron chi connectivity index (χ4n) is 8.15. The molecule has 2 aliphatic carbocycles. The van der Waals surface area contributed by atoms with Crippen LogP contribution < -0.4 is 15.0 Å². The maximum Gasteiger partial charge on any atom is 2.00 e. The molecule has 6 heteroatoms. The van der Waals surface area contributed by atoms with E-state index in [-0.39, 0.29) is 63.1 Å². The van der Waals surface area contributed by atoms with Gasteiger partial charge in [-0.25, -0.2) is 0 Å². The van der Waals surface area contributed by atoms with Crippen LogP contribution in [0.5, 0.6) is 0 Å². The predicted octanol–water partition coefficient (Wildman–Crippen LogP) is 11.9. The summed E-state index contributed by atoms with van der Waals surface area (Å²) in [7, 11) is -0.506. The van der Waals surface area contributed by atoms with Crippen LogP contribution in [0, 0.1) is 26.0 Å². The van der Waals surface area contributed by atoms with E-state index in [2.05, 4.69) is 188 Å². The van der Waals surface area contributed by atoms with Crippen LogP contribution in [0.2, 0.25) is 13.1 Å². The summed E-state index contributed by atoms with van der Waals surface area (Å²) in [4.78, 5) is 4.94. The van der Waals surface area contributed by atoms with Crippen LogP contribution >= 0.6 is 24.8 Å². The molecule has 6 aromatic carbocycles. The van der Waals surface area contributed by atoms with Gasteiger partial charge in [0, 0.05) is 23.5 Å². The molecule has 1 radical (unpaired) electrons. The molecule has 0 saturated heterocycles. The second-order valence-corrected chi connectivity index (χ2v) is 16.2. The van der Waals surface area contributed by atoms with Gasteiger partial charge in [0.15, 0.2) is 0 Å². The number of fused-ring (bicyclic) bond motifs is 10. The van der Waals surface area contributed by atoms with Crippen LogP contribution in [-0.2, 0) is 26.2 Å². The first-order valence-electron chi connectivity index (χ1n) is 17.2. The normalized spacial score (nSPS) is 16.3. The molecule has 10 rings (SSSR count). The molecule has 2 aliphatic heterocycles. The van der Waals surface area contributed by atoms with Crippen molar-refractivity contribution in [3.63, 3.8) is 0 Å². The summed E-state index contributed by atoms with van der Waals surface area (Å²) in [5.41, 5.74) is 18.3. The second kappa shape index (κ2) is 15.2. The minimum absolute atomic E-state index is 0. The average molecular weight is 810 g/mol. The van der Waals surface area contributed by atoms with Crippen LogP contribution in [0.25, 0.3) is 23.3 Å². The molecule has 2 nitrogen and oxygen atoms in total. The van der Waals surface area contributed by atoms with E-state index in [4.69, 9.17) is 0 Å². The van der Waals surface area contributed by atoms with Gasteiger partial charge in [-0.1, -0.05) is 134 Å². The van der Waals surface area contributed by atoms with Gasteiger partial charge in [-0.3, -0.25) is 0 Å². The summed E-state index contributed by atoms with van der Waals surface area (Å²) >= 11 is 0. The zero-order valence-electron chi connectivity index (χ0n) is 29.6. The molecule has 4 aliphatic rings. The van der Waals surface area contributed by atoms with Gasteiger partial charge in [0.2, 0.25) is 0 Å². The van der Waals surface area contributed by atoms with Gasteiger partial charge in [0.05, 0.1) is 8.80 Å². The number of nitrogens with zero attached hydrogens (tertiary/aromatic N) is 2. The van der Waals surface area contributed by atoms with Crippen molar-refractivity contribution in [2.24, 2.45) is 0 Å². The summed E-state index contributed by atoms with van der Waals surface area (Å²) in [6, 6.07) is 53.6. The quantitative estimate of drug-likeness (QED) is 0.130. The summed E-state index contributed by atoms with van der Waals surface area (Å²) in [5, 5.41) is 1.54. The predicted molar refractivity (Wildman–Crippen MR) is 223 cm³/mol. The Morgan fingerprint density at radius 2 is 1.00 bits per heavy atom. The SMILES string of the molecule is Cc1[c-]c2c(cc1)N(c1ccccc1)C1C2=Cc2c1cccc2[Si](C)C.Cc1[c-]c2c(cc1)N(c1ccccc1)C1C2=Cc2ccccc21.Cl.Cl.[Zr+2]. The Hall–Kier alpha value is -3.92. The minimum atomic E-state index is -0.506. The van der Waals surface area contributed by atoms with Crippen molar-refractivity contribution in [2.45, 2.75) is 39.0 Å². The maximum atomic E-state index is 3.64.